The van der Waals surface area contributed by atoms with Crippen molar-refractivity contribution in [3.8, 4) is 0 Å². The molecule has 6 heteroatoms. The molecule has 3 aromatic rings. The maximum absolute atomic E-state index is 13.2. The van der Waals surface area contributed by atoms with E-state index in [0.717, 1.165) is 35.1 Å². The van der Waals surface area contributed by atoms with Crippen LogP contribution in [0.5, 0.6) is 0 Å². The van der Waals surface area contributed by atoms with E-state index in [2.05, 4.69) is 16.8 Å². The molecule has 2 aliphatic heterocycles. The number of pyridine rings is 1. The fraction of sp³-hybridized carbons (Fsp3) is 0.364. The summed E-state index contributed by atoms with van der Waals surface area (Å²) in [5.74, 6) is 0.702. The zero-order valence-electron chi connectivity index (χ0n) is 15.8. The first kappa shape index (κ1) is 17.3. The highest BCUT2D eigenvalue weighted by molar-refractivity contribution is 5.85. The van der Waals surface area contributed by atoms with Gasteiger partial charge >= 0.3 is 0 Å². The van der Waals surface area contributed by atoms with Crippen LogP contribution in [0.2, 0.25) is 0 Å². The molecule has 0 spiro atoms. The number of H-pyrrole nitrogens is 1. The lowest BCUT2D eigenvalue weighted by Crippen LogP contribution is -2.69. The molecule has 1 saturated heterocycles. The minimum Gasteiger partial charge on any atom is -0.361 e. The topological polar surface area (TPSA) is 85.7 Å². The largest absolute Gasteiger partial charge is 0.361 e. The zero-order chi connectivity index (χ0) is 19.3. The van der Waals surface area contributed by atoms with E-state index in [9.17, 15) is 9.59 Å². The molecule has 144 valence electrons. The number of hydrogen-bond acceptors (Lipinski definition) is 2. The summed E-state index contributed by atoms with van der Waals surface area (Å²) in [4.78, 5) is 30.6. The Kier molecular flexibility index (Phi) is 4.09. The molecule has 4 heterocycles. The van der Waals surface area contributed by atoms with Crippen LogP contribution in [0, 0.1) is 5.92 Å². The molecular formula is C22H25N4O2+. The van der Waals surface area contributed by atoms with Crippen LogP contribution in [0.1, 0.15) is 23.6 Å². The fourth-order valence-corrected chi connectivity index (χ4v) is 4.99. The third-order valence-corrected chi connectivity index (χ3v) is 6.28. The molecule has 28 heavy (non-hydrogen) atoms. The van der Waals surface area contributed by atoms with Crippen LogP contribution in [-0.2, 0) is 17.8 Å². The lowest BCUT2D eigenvalue weighted by Gasteiger charge is -2.43. The van der Waals surface area contributed by atoms with Crippen LogP contribution in [0.3, 0.4) is 0 Å². The van der Waals surface area contributed by atoms with Gasteiger partial charge in [-0.3, -0.25) is 9.59 Å². The predicted molar refractivity (Wildman–Crippen MR) is 107 cm³/mol. The van der Waals surface area contributed by atoms with Gasteiger partial charge in [0.15, 0.2) is 6.04 Å². The maximum Gasteiger partial charge on any atom is 0.281 e. The van der Waals surface area contributed by atoms with Gasteiger partial charge in [0.25, 0.3) is 11.5 Å². The average molecular weight is 377 g/mol. The smallest absolute Gasteiger partial charge is 0.281 e. The minimum atomic E-state index is -0.309. The number of piperidine rings is 1. The summed E-state index contributed by atoms with van der Waals surface area (Å²) in [5.41, 5.74) is 7.55. The third-order valence-electron chi connectivity index (χ3n) is 6.28. The summed E-state index contributed by atoms with van der Waals surface area (Å²) in [7, 11) is 0. The number of aromatic amines is 1. The fourth-order valence-electron chi connectivity index (χ4n) is 4.99. The van der Waals surface area contributed by atoms with Crippen molar-refractivity contribution in [1.82, 2.24) is 14.5 Å². The highest BCUT2D eigenvalue weighted by atomic mass is 16.2. The first-order valence-corrected chi connectivity index (χ1v) is 9.97. The van der Waals surface area contributed by atoms with Crippen LogP contribution in [0.4, 0.5) is 0 Å². The number of carbonyl (C=O) groups excluding carboxylic acids is 1. The van der Waals surface area contributed by atoms with Gasteiger partial charge in [0.05, 0.1) is 0 Å². The molecule has 2 bridgehead atoms. The number of likely N-dealkylation sites (tertiary alicyclic amines) is 1. The Bertz CT molecular complexity index is 1100. The number of amides is 1. The number of benzene rings is 1. The Morgan fingerprint density at radius 3 is 2.89 bits per heavy atom. The van der Waals surface area contributed by atoms with Gasteiger partial charge in [-0.15, -0.1) is 0 Å². The predicted octanol–water partition coefficient (Wildman–Crippen LogP) is 1.13. The summed E-state index contributed by atoms with van der Waals surface area (Å²) in [5, 5.41) is 1.16. The lowest BCUT2D eigenvalue weighted by atomic mass is 9.83. The summed E-state index contributed by atoms with van der Waals surface area (Å²) in [6.45, 7) is 2.11. The van der Waals surface area contributed by atoms with Gasteiger partial charge in [-0.2, -0.15) is 0 Å². The molecule has 0 saturated carbocycles. The van der Waals surface area contributed by atoms with E-state index < -0.39 is 0 Å². The van der Waals surface area contributed by atoms with Crippen LogP contribution in [0.15, 0.2) is 53.5 Å². The number of rotatable bonds is 3. The van der Waals surface area contributed by atoms with Gasteiger partial charge in [-0.05, 0) is 30.0 Å². The van der Waals surface area contributed by atoms with Crippen molar-refractivity contribution >= 4 is 16.8 Å². The minimum absolute atomic E-state index is 0.0707. The number of nitrogens with one attached hydrogen (secondary N) is 1. The highest BCUT2D eigenvalue weighted by Crippen LogP contribution is 2.35. The molecule has 1 amide bonds. The summed E-state index contributed by atoms with van der Waals surface area (Å²) >= 11 is 0. The number of para-hydroxylation sites is 1. The summed E-state index contributed by atoms with van der Waals surface area (Å²) in [6, 6.07) is 13.3. The normalized spacial score (nSPS) is 22.1. The van der Waals surface area contributed by atoms with Gasteiger partial charge in [-0.25, -0.2) is 0 Å². The number of carbonyl (C=O) groups is 1. The molecule has 2 aliphatic rings. The second-order valence-corrected chi connectivity index (χ2v) is 8.20. The Balaban J connectivity index is 1.34. The van der Waals surface area contributed by atoms with Crippen molar-refractivity contribution in [3.05, 3.63) is 70.3 Å². The van der Waals surface area contributed by atoms with Crippen molar-refractivity contribution in [1.29, 1.82) is 0 Å². The van der Waals surface area contributed by atoms with Gasteiger partial charge in [0, 0.05) is 60.8 Å². The number of aromatic nitrogens is 2. The first-order chi connectivity index (χ1) is 13.6. The SMILES string of the molecule is [NH3+][C@@H](Cc1c[nH]c2ccccc12)C(=O)N1C[C@H]2C[C@@H](C1)c1cccc(=O)n1C2. The Morgan fingerprint density at radius 1 is 1.14 bits per heavy atom. The van der Waals surface area contributed by atoms with Crippen LogP contribution >= 0.6 is 0 Å². The molecule has 1 fully saturated rings. The van der Waals surface area contributed by atoms with Gasteiger partial charge in [-0.1, -0.05) is 24.3 Å². The van der Waals surface area contributed by atoms with E-state index in [0.29, 0.717) is 25.4 Å². The summed E-state index contributed by atoms with van der Waals surface area (Å²) < 4.78 is 1.90. The van der Waals surface area contributed by atoms with E-state index in [4.69, 9.17) is 0 Å². The van der Waals surface area contributed by atoms with Crippen molar-refractivity contribution in [2.75, 3.05) is 13.1 Å². The standard InChI is InChI=1S/C22H24N4O2/c23-18(9-15-10-24-19-5-2-1-4-17(15)19)22(28)25-11-14-8-16(13-25)20-6-3-7-21(27)26(20)12-14/h1-7,10,14,16,18,24H,8-9,11-13,23H2/p+1/t14-,16+,18+/m1/s1. The average Bonchev–Trinajstić information content (AvgIpc) is 3.11. The van der Waals surface area contributed by atoms with Gasteiger partial charge < -0.3 is 20.2 Å². The van der Waals surface area contributed by atoms with Gasteiger partial charge in [0.1, 0.15) is 0 Å². The molecule has 1 aromatic carbocycles. The van der Waals surface area contributed by atoms with Crippen LogP contribution < -0.4 is 11.3 Å². The monoisotopic (exact) mass is 377 g/mol. The molecule has 0 aliphatic carbocycles. The Morgan fingerprint density at radius 2 is 2.00 bits per heavy atom. The molecule has 0 unspecified atom stereocenters. The first-order valence-electron chi connectivity index (χ1n) is 9.97. The Labute approximate surface area is 163 Å². The van der Waals surface area contributed by atoms with Crippen molar-refractivity contribution in [2.24, 2.45) is 5.92 Å². The van der Waals surface area contributed by atoms with Crippen molar-refractivity contribution < 1.29 is 10.5 Å². The Hall–Kier alpha value is -2.86. The van der Waals surface area contributed by atoms with Crippen LogP contribution in [-0.4, -0.2) is 39.5 Å². The second-order valence-electron chi connectivity index (χ2n) is 8.20. The molecule has 3 atom stereocenters. The van der Waals surface area contributed by atoms with Crippen LogP contribution in [0.25, 0.3) is 10.9 Å². The second kappa shape index (κ2) is 6.63. The number of fused-ring (bicyclic) bond motifs is 5. The molecule has 6 nitrogen and oxygen atoms in total. The third kappa shape index (κ3) is 2.85. The van der Waals surface area contributed by atoms with E-state index in [1.165, 1.54) is 0 Å². The van der Waals surface area contributed by atoms with E-state index in [1.807, 2.05) is 46.0 Å². The van der Waals surface area contributed by atoms with Gasteiger partial charge in [0.2, 0.25) is 0 Å². The number of quaternary nitrogens is 1. The molecule has 2 aromatic heterocycles. The highest BCUT2D eigenvalue weighted by Gasteiger charge is 2.38. The molecule has 0 radical (unpaired) electrons. The van der Waals surface area contributed by atoms with E-state index in [-0.39, 0.29) is 23.4 Å². The van der Waals surface area contributed by atoms with Crippen molar-refractivity contribution in [3.63, 3.8) is 0 Å². The summed E-state index contributed by atoms with van der Waals surface area (Å²) in [6.07, 6.45) is 3.67. The lowest BCUT2D eigenvalue weighted by molar-refractivity contribution is -0.405. The van der Waals surface area contributed by atoms with E-state index in [1.54, 1.807) is 6.07 Å². The maximum atomic E-state index is 13.2. The zero-order valence-corrected chi connectivity index (χ0v) is 15.8. The molecular weight excluding hydrogens is 352 g/mol. The molecule has 4 N–H and O–H groups in total. The quantitative estimate of drug-likeness (QED) is 0.717. The van der Waals surface area contributed by atoms with Crippen molar-refractivity contribution in [2.45, 2.75) is 31.3 Å². The number of hydrogen-bond donors (Lipinski definition) is 2. The number of nitrogens with zero attached hydrogens (tertiary/aromatic N) is 2. The van der Waals surface area contributed by atoms with E-state index >= 15 is 0 Å². The molecule has 5 rings (SSSR count).